The van der Waals surface area contributed by atoms with Gasteiger partial charge in [0.2, 0.25) is 0 Å². The number of hydrogen-bond acceptors (Lipinski definition) is 7. The van der Waals surface area contributed by atoms with Crippen LogP contribution in [0.5, 0.6) is 17.2 Å². The molecule has 2 aliphatic heterocycles. The zero-order chi connectivity index (χ0) is 23.1. The highest BCUT2D eigenvalue weighted by Gasteiger charge is 2.48. The molecule has 1 N–H and O–H groups in total. The SMILES string of the molecule is COc1cccc(N2C(=O)C(=O)/C(=C(\O)c3ccc4c(c3)OCCO4)C2c2sccc2C)c1. The van der Waals surface area contributed by atoms with Gasteiger partial charge in [-0.1, -0.05) is 6.07 Å². The van der Waals surface area contributed by atoms with E-state index < -0.39 is 17.7 Å². The number of nitrogens with zero attached hydrogens (tertiary/aromatic N) is 1. The molecule has 1 aromatic heterocycles. The predicted octanol–water partition coefficient (Wildman–Crippen LogP) is 4.46. The van der Waals surface area contributed by atoms with Crippen LogP contribution in [0.15, 0.2) is 59.5 Å². The number of carbonyl (C=O) groups excluding carboxylic acids is 2. The van der Waals surface area contributed by atoms with E-state index in [0.717, 1.165) is 10.4 Å². The fourth-order valence-corrected chi connectivity index (χ4v) is 5.14. The molecule has 0 aliphatic carbocycles. The van der Waals surface area contributed by atoms with E-state index >= 15 is 0 Å². The van der Waals surface area contributed by atoms with Crippen LogP contribution in [0.1, 0.15) is 22.0 Å². The summed E-state index contributed by atoms with van der Waals surface area (Å²) in [6.07, 6.45) is 0. The summed E-state index contributed by atoms with van der Waals surface area (Å²) in [6, 6.07) is 13.1. The zero-order valence-corrected chi connectivity index (χ0v) is 18.8. The van der Waals surface area contributed by atoms with E-state index in [1.807, 2.05) is 18.4 Å². The third kappa shape index (κ3) is 3.52. The number of aliphatic hydroxyl groups is 1. The maximum absolute atomic E-state index is 13.3. The zero-order valence-electron chi connectivity index (χ0n) is 18.0. The van der Waals surface area contributed by atoms with Crippen LogP contribution in [0, 0.1) is 6.92 Å². The van der Waals surface area contributed by atoms with Gasteiger partial charge in [0, 0.05) is 22.2 Å². The molecule has 1 amide bonds. The van der Waals surface area contributed by atoms with Crippen molar-refractivity contribution in [3.05, 3.63) is 75.5 Å². The monoisotopic (exact) mass is 463 g/mol. The third-order valence-electron chi connectivity index (χ3n) is 5.74. The molecule has 1 saturated heterocycles. The van der Waals surface area contributed by atoms with Crippen LogP contribution in [0.25, 0.3) is 5.76 Å². The van der Waals surface area contributed by atoms with Crippen molar-refractivity contribution in [1.82, 2.24) is 0 Å². The molecule has 5 rings (SSSR count). The topological polar surface area (TPSA) is 85.3 Å². The van der Waals surface area contributed by atoms with Crippen molar-refractivity contribution in [2.45, 2.75) is 13.0 Å². The number of amides is 1. The van der Waals surface area contributed by atoms with Gasteiger partial charge < -0.3 is 19.3 Å². The minimum absolute atomic E-state index is 0.0325. The number of methoxy groups -OCH3 is 1. The molecule has 0 saturated carbocycles. The lowest BCUT2D eigenvalue weighted by Crippen LogP contribution is -2.29. The number of Topliss-reactive ketones (excluding diaryl/α,β-unsaturated/α-hetero) is 1. The maximum atomic E-state index is 13.3. The van der Waals surface area contributed by atoms with Gasteiger partial charge in [0.25, 0.3) is 11.7 Å². The first-order valence-corrected chi connectivity index (χ1v) is 11.3. The molecule has 2 aliphatic rings. The second-order valence-corrected chi connectivity index (χ2v) is 8.64. The standard InChI is InChI=1S/C25H21NO6S/c1-14-8-11-33-24(14)21-20(22(27)15-6-7-18-19(12-15)32-10-9-31-18)23(28)25(29)26(21)16-4-3-5-17(13-16)30-2/h3-8,11-13,21,27H,9-10H2,1-2H3/b22-20-. The first-order valence-electron chi connectivity index (χ1n) is 10.4. The number of hydrogen-bond donors (Lipinski definition) is 1. The smallest absolute Gasteiger partial charge is 0.300 e. The van der Waals surface area contributed by atoms with E-state index in [1.165, 1.54) is 23.3 Å². The Balaban J connectivity index is 1.69. The summed E-state index contributed by atoms with van der Waals surface area (Å²) in [7, 11) is 1.54. The summed E-state index contributed by atoms with van der Waals surface area (Å²) in [4.78, 5) is 28.7. The maximum Gasteiger partial charge on any atom is 0.300 e. The molecule has 2 aromatic carbocycles. The number of carbonyl (C=O) groups is 2. The molecule has 7 nitrogen and oxygen atoms in total. The molecular formula is C25H21NO6S. The highest BCUT2D eigenvalue weighted by Crippen LogP contribution is 2.46. The summed E-state index contributed by atoms with van der Waals surface area (Å²) < 4.78 is 16.5. The molecule has 0 bridgehead atoms. The van der Waals surface area contributed by atoms with Gasteiger partial charge in [-0.3, -0.25) is 14.5 Å². The molecule has 0 radical (unpaired) electrons. The van der Waals surface area contributed by atoms with Crippen molar-refractivity contribution >= 4 is 34.5 Å². The van der Waals surface area contributed by atoms with Crippen molar-refractivity contribution in [3.8, 4) is 17.2 Å². The normalized spacial score (nSPS) is 19.1. The highest BCUT2D eigenvalue weighted by atomic mass is 32.1. The summed E-state index contributed by atoms with van der Waals surface area (Å²) in [6.45, 7) is 2.76. The van der Waals surface area contributed by atoms with E-state index in [2.05, 4.69) is 0 Å². The largest absolute Gasteiger partial charge is 0.507 e. The average Bonchev–Trinajstić information content (AvgIpc) is 3.38. The van der Waals surface area contributed by atoms with Crippen LogP contribution in [-0.2, 0) is 9.59 Å². The predicted molar refractivity (Wildman–Crippen MR) is 124 cm³/mol. The lowest BCUT2D eigenvalue weighted by molar-refractivity contribution is -0.132. The highest BCUT2D eigenvalue weighted by molar-refractivity contribution is 7.10. The number of aliphatic hydroxyl groups excluding tert-OH is 1. The first-order chi connectivity index (χ1) is 16.0. The summed E-state index contributed by atoms with van der Waals surface area (Å²) in [5.41, 5.74) is 1.84. The fourth-order valence-electron chi connectivity index (χ4n) is 4.12. The molecule has 0 spiro atoms. The number of ether oxygens (including phenoxy) is 3. The Morgan fingerprint density at radius 1 is 1.09 bits per heavy atom. The number of rotatable bonds is 4. The van der Waals surface area contributed by atoms with E-state index in [9.17, 15) is 14.7 Å². The summed E-state index contributed by atoms with van der Waals surface area (Å²) in [5, 5.41) is 13.2. The van der Waals surface area contributed by atoms with Gasteiger partial charge in [-0.25, -0.2) is 0 Å². The van der Waals surface area contributed by atoms with Crippen LogP contribution in [-0.4, -0.2) is 37.1 Å². The van der Waals surface area contributed by atoms with Crippen molar-refractivity contribution in [2.24, 2.45) is 0 Å². The Kier molecular flexibility index (Phi) is 5.30. The van der Waals surface area contributed by atoms with Crippen molar-refractivity contribution in [3.63, 3.8) is 0 Å². The minimum Gasteiger partial charge on any atom is -0.507 e. The molecule has 8 heteroatoms. The van der Waals surface area contributed by atoms with E-state index in [1.54, 1.807) is 42.5 Å². The molecule has 168 valence electrons. The Morgan fingerprint density at radius 2 is 1.88 bits per heavy atom. The second-order valence-electron chi connectivity index (χ2n) is 7.70. The third-order valence-corrected chi connectivity index (χ3v) is 6.81. The number of thiophene rings is 1. The number of aryl methyl sites for hydroxylation is 1. The van der Waals surface area contributed by atoms with Crippen LogP contribution in [0.2, 0.25) is 0 Å². The first kappa shape index (κ1) is 21.1. The van der Waals surface area contributed by atoms with E-state index in [0.29, 0.717) is 41.7 Å². The molecule has 1 atom stereocenters. The van der Waals surface area contributed by atoms with Gasteiger partial charge in [-0.15, -0.1) is 11.3 Å². The fraction of sp³-hybridized carbons (Fsp3) is 0.200. The van der Waals surface area contributed by atoms with Gasteiger partial charge in [0.05, 0.1) is 12.7 Å². The van der Waals surface area contributed by atoms with Crippen molar-refractivity contribution in [2.75, 3.05) is 25.2 Å². The number of anilines is 1. The molecule has 3 aromatic rings. The quantitative estimate of drug-likeness (QED) is 0.349. The summed E-state index contributed by atoms with van der Waals surface area (Å²) in [5.74, 6) is -0.101. The van der Waals surface area contributed by atoms with E-state index in [-0.39, 0.29) is 11.3 Å². The van der Waals surface area contributed by atoms with Gasteiger partial charge in [-0.2, -0.15) is 0 Å². The second kappa shape index (κ2) is 8.29. The number of ketones is 1. The van der Waals surface area contributed by atoms with Crippen molar-refractivity contribution in [1.29, 1.82) is 0 Å². The molecular weight excluding hydrogens is 442 g/mol. The number of fused-ring (bicyclic) bond motifs is 1. The Morgan fingerprint density at radius 3 is 2.61 bits per heavy atom. The van der Waals surface area contributed by atoms with E-state index in [4.69, 9.17) is 14.2 Å². The van der Waals surface area contributed by atoms with Gasteiger partial charge >= 0.3 is 0 Å². The van der Waals surface area contributed by atoms with Crippen LogP contribution in [0.3, 0.4) is 0 Å². The molecule has 1 fully saturated rings. The summed E-state index contributed by atoms with van der Waals surface area (Å²) >= 11 is 1.43. The average molecular weight is 464 g/mol. The Bertz CT molecular complexity index is 1290. The Hall–Kier alpha value is -3.78. The van der Waals surface area contributed by atoms with Gasteiger partial charge in [-0.05, 0) is 54.3 Å². The molecule has 1 unspecified atom stereocenters. The lowest BCUT2D eigenvalue weighted by atomic mass is 9.98. The van der Waals surface area contributed by atoms with Gasteiger partial charge in [0.1, 0.15) is 30.8 Å². The van der Waals surface area contributed by atoms with Crippen LogP contribution < -0.4 is 19.1 Å². The van der Waals surface area contributed by atoms with Crippen molar-refractivity contribution < 1.29 is 28.9 Å². The minimum atomic E-state index is -0.773. The van der Waals surface area contributed by atoms with Gasteiger partial charge in [0.15, 0.2) is 11.5 Å². The molecule has 3 heterocycles. The van der Waals surface area contributed by atoms with Crippen LogP contribution >= 0.6 is 11.3 Å². The van der Waals surface area contributed by atoms with Crippen LogP contribution in [0.4, 0.5) is 5.69 Å². The lowest BCUT2D eigenvalue weighted by Gasteiger charge is -2.25. The Labute approximate surface area is 194 Å². The number of benzene rings is 2. The molecule has 33 heavy (non-hydrogen) atoms.